The molecule has 1 saturated carbocycles. The molecular weight excluding hydrogens is 462 g/mol. The molecule has 9 nitrogen and oxygen atoms in total. The average molecular weight is 490 g/mol. The summed E-state index contributed by atoms with van der Waals surface area (Å²) >= 11 is 0. The van der Waals surface area contributed by atoms with E-state index < -0.39 is 16.9 Å². The van der Waals surface area contributed by atoms with Crippen LogP contribution in [0, 0.1) is 33.8 Å². The first kappa shape index (κ1) is 23.7. The van der Waals surface area contributed by atoms with Crippen LogP contribution in [0.4, 0.5) is 11.4 Å². The molecule has 2 aromatic carbocycles. The lowest BCUT2D eigenvalue weighted by Gasteiger charge is -2.28. The van der Waals surface area contributed by atoms with Crippen molar-refractivity contribution in [3.05, 3.63) is 75.9 Å². The number of nitro groups is 1. The van der Waals surface area contributed by atoms with Gasteiger partial charge in [-0.25, -0.2) is 0 Å². The van der Waals surface area contributed by atoms with Crippen LogP contribution in [0.15, 0.2) is 54.6 Å². The van der Waals surface area contributed by atoms with Gasteiger partial charge in [0.1, 0.15) is 5.75 Å². The molecule has 1 saturated heterocycles. The number of nitrogens with one attached hydrogen (secondary N) is 1. The second-order valence-electron chi connectivity index (χ2n) is 9.55. The van der Waals surface area contributed by atoms with Crippen molar-refractivity contribution in [1.29, 1.82) is 0 Å². The van der Waals surface area contributed by atoms with Crippen molar-refractivity contribution in [2.45, 2.75) is 32.2 Å². The quantitative estimate of drug-likeness (QED) is 0.259. The minimum absolute atomic E-state index is 0.0625. The molecule has 2 aliphatic carbocycles. The number of likely N-dealkylation sites (tertiary alicyclic amines) is 1. The molecular formula is C27H27N3O6. The molecule has 36 heavy (non-hydrogen) atoms. The van der Waals surface area contributed by atoms with Gasteiger partial charge in [-0.2, -0.15) is 0 Å². The minimum Gasteiger partial charge on any atom is -0.495 e. The van der Waals surface area contributed by atoms with Gasteiger partial charge >= 0.3 is 0 Å². The van der Waals surface area contributed by atoms with E-state index in [1.165, 1.54) is 30.2 Å². The smallest absolute Gasteiger partial charge is 0.271 e. The molecule has 0 aromatic heterocycles. The Balaban J connectivity index is 1.45. The van der Waals surface area contributed by atoms with Crippen molar-refractivity contribution >= 4 is 29.1 Å². The maximum atomic E-state index is 13.5. The summed E-state index contributed by atoms with van der Waals surface area (Å²) in [6, 6.07) is 10.7. The predicted octanol–water partition coefficient (Wildman–Crippen LogP) is 4.04. The molecule has 2 fully saturated rings. The van der Waals surface area contributed by atoms with Crippen molar-refractivity contribution in [2.75, 3.05) is 12.4 Å². The molecule has 9 heteroatoms. The van der Waals surface area contributed by atoms with E-state index in [0.29, 0.717) is 5.56 Å². The van der Waals surface area contributed by atoms with E-state index in [1.54, 1.807) is 0 Å². The van der Waals surface area contributed by atoms with Crippen molar-refractivity contribution in [3.63, 3.8) is 0 Å². The van der Waals surface area contributed by atoms with Crippen LogP contribution >= 0.6 is 0 Å². The first-order valence-electron chi connectivity index (χ1n) is 12.1. The van der Waals surface area contributed by atoms with Crippen LogP contribution in [-0.2, 0) is 20.8 Å². The highest BCUT2D eigenvalue weighted by molar-refractivity contribution is 6.07. The first-order chi connectivity index (χ1) is 17.3. The molecule has 5 rings (SSSR count). The number of amides is 3. The predicted molar refractivity (Wildman–Crippen MR) is 131 cm³/mol. The number of imide groups is 1. The molecule has 5 unspecified atom stereocenters. The summed E-state index contributed by atoms with van der Waals surface area (Å²) in [7, 11) is 1.40. The molecule has 0 spiro atoms. The number of ether oxygens (including phenoxy) is 1. The third-order valence-electron chi connectivity index (χ3n) is 7.64. The van der Waals surface area contributed by atoms with Gasteiger partial charge in [-0.15, -0.1) is 0 Å². The van der Waals surface area contributed by atoms with Crippen LogP contribution < -0.4 is 10.1 Å². The third-order valence-corrected chi connectivity index (χ3v) is 7.64. The Kier molecular flexibility index (Phi) is 6.07. The molecule has 3 aliphatic rings. The Morgan fingerprint density at radius 3 is 2.31 bits per heavy atom. The number of benzene rings is 2. The zero-order valence-electron chi connectivity index (χ0n) is 20.0. The Labute approximate surface area is 208 Å². The highest BCUT2D eigenvalue weighted by Gasteiger charge is 2.60. The largest absolute Gasteiger partial charge is 0.495 e. The van der Waals surface area contributed by atoms with E-state index in [4.69, 9.17) is 4.74 Å². The van der Waals surface area contributed by atoms with E-state index in [1.807, 2.05) is 43.3 Å². The van der Waals surface area contributed by atoms with Crippen LogP contribution in [-0.4, -0.2) is 34.7 Å². The van der Waals surface area contributed by atoms with Gasteiger partial charge in [0.05, 0.1) is 42.0 Å². The van der Waals surface area contributed by atoms with Crippen molar-refractivity contribution in [1.82, 2.24) is 4.90 Å². The topological polar surface area (TPSA) is 119 Å². The number of non-ortho nitro benzene ring substituents is 1. The number of hydrogen-bond donors (Lipinski definition) is 1. The fraction of sp³-hybridized carbons (Fsp3) is 0.370. The summed E-state index contributed by atoms with van der Waals surface area (Å²) in [6.07, 6.45) is 5.54. The molecule has 1 heterocycles. The highest BCUT2D eigenvalue weighted by atomic mass is 16.6. The number of hydrogen-bond acceptors (Lipinski definition) is 6. The number of fused-ring (bicyclic) bond motifs is 5. The number of anilines is 1. The number of aryl methyl sites for hydroxylation is 1. The molecule has 1 N–H and O–H groups in total. The van der Waals surface area contributed by atoms with Crippen molar-refractivity contribution in [3.8, 4) is 5.75 Å². The van der Waals surface area contributed by atoms with E-state index in [-0.39, 0.29) is 59.0 Å². The monoisotopic (exact) mass is 489 g/mol. The summed E-state index contributed by atoms with van der Waals surface area (Å²) in [5.74, 6) is -1.30. The summed E-state index contributed by atoms with van der Waals surface area (Å²) in [4.78, 5) is 52.2. The lowest BCUT2D eigenvalue weighted by atomic mass is 9.85. The Morgan fingerprint density at radius 2 is 1.75 bits per heavy atom. The Bertz CT molecular complexity index is 1240. The van der Waals surface area contributed by atoms with Gasteiger partial charge in [0.15, 0.2) is 0 Å². The number of carbonyl (C=O) groups excluding carboxylic acids is 3. The Hall–Kier alpha value is -4.01. The number of rotatable bonds is 8. The summed E-state index contributed by atoms with van der Waals surface area (Å²) in [5.41, 5.74) is 1.74. The van der Waals surface area contributed by atoms with Crippen LogP contribution in [0.3, 0.4) is 0 Å². The van der Waals surface area contributed by atoms with Gasteiger partial charge in [0.2, 0.25) is 17.7 Å². The van der Waals surface area contributed by atoms with E-state index in [2.05, 4.69) is 5.32 Å². The third kappa shape index (κ3) is 3.94. The van der Waals surface area contributed by atoms with Gasteiger partial charge in [0.25, 0.3) is 5.69 Å². The van der Waals surface area contributed by atoms with Crippen molar-refractivity contribution < 1.29 is 24.0 Å². The normalized spacial score (nSPS) is 24.7. The SMILES string of the molecule is CCc1ccc(C(CC(=O)Nc2cc([N+](=O)[O-])ccc2OC)N2C(=O)C3C4C=CC(C4)C3C2=O)cc1. The number of nitrogens with zero attached hydrogens (tertiary/aromatic N) is 2. The fourth-order valence-corrected chi connectivity index (χ4v) is 5.85. The second kappa shape index (κ2) is 9.22. The van der Waals surface area contributed by atoms with Crippen LogP contribution in [0.2, 0.25) is 0 Å². The first-order valence-corrected chi connectivity index (χ1v) is 12.1. The lowest BCUT2D eigenvalue weighted by Crippen LogP contribution is -2.38. The molecule has 1 aliphatic heterocycles. The van der Waals surface area contributed by atoms with Gasteiger partial charge < -0.3 is 10.1 Å². The summed E-state index contributed by atoms with van der Waals surface area (Å²) in [5, 5.41) is 13.9. The van der Waals surface area contributed by atoms with Crippen molar-refractivity contribution in [2.24, 2.45) is 23.7 Å². The average Bonchev–Trinajstić information content (AvgIpc) is 3.56. The molecule has 186 valence electrons. The molecule has 3 amide bonds. The van der Waals surface area contributed by atoms with E-state index in [9.17, 15) is 24.5 Å². The number of nitro benzene ring substituents is 1. The number of allylic oxidation sites excluding steroid dienone is 2. The van der Waals surface area contributed by atoms with Crippen LogP contribution in [0.1, 0.15) is 36.9 Å². The fourth-order valence-electron chi connectivity index (χ4n) is 5.85. The minimum atomic E-state index is -0.786. The maximum absolute atomic E-state index is 13.5. The molecule has 2 bridgehead atoms. The standard InChI is InChI=1S/C27H27N3O6/c1-3-15-4-6-16(7-5-15)21(29-26(32)24-17-8-9-18(12-17)25(24)27(29)33)14-23(31)28-20-13-19(30(34)35)10-11-22(20)36-2/h4-11,13,17-18,21,24-25H,3,12,14H2,1-2H3,(H,28,31). The van der Waals surface area contributed by atoms with E-state index in [0.717, 1.165) is 18.4 Å². The van der Waals surface area contributed by atoms with Crippen LogP contribution in [0.5, 0.6) is 5.75 Å². The molecule has 0 radical (unpaired) electrons. The number of carbonyl (C=O) groups is 3. The van der Waals surface area contributed by atoms with Gasteiger partial charge in [-0.3, -0.25) is 29.4 Å². The summed E-state index contributed by atoms with van der Waals surface area (Å²) < 4.78 is 5.25. The second-order valence-corrected chi connectivity index (χ2v) is 9.55. The zero-order valence-corrected chi connectivity index (χ0v) is 20.0. The van der Waals surface area contributed by atoms with Gasteiger partial charge in [0, 0.05) is 12.1 Å². The highest BCUT2D eigenvalue weighted by Crippen LogP contribution is 2.54. The van der Waals surface area contributed by atoms with Crippen LogP contribution in [0.25, 0.3) is 0 Å². The number of methoxy groups -OCH3 is 1. The van der Waals surface area contributed by atoms with Gasteiger partial charge in [-0.05, 0) is 41.9 Å². The lowest BCUT2D eigenvalue weighted by molar-refractivity contribution is -0.384. The van der Waals surface area contributed by atoms with E-state index >= 15 is 0 Å². The summed E-state index contributed by atoms with van der Waals surface area (Å²) in [6.45, 7) is 2.03. The molecule has 2 aromatic rings. The Morgan fingerprint density at radius 1 is 1.11 bits per heavy atom. The maximum Gasteiger partial charge on any atom is 0.271 e. The van der Waals surface area contributed by atoms with Gasteiger partial charge in [-0.1, -0.05) is 43.3 Å². The zero-order chi connectivity index (χ0) is 25.6. The molecule has 5 atom stereocenters.